The first-order chi connectivity index (χ1) is 9.50. The third-order valence-corrected chi connectivity index (χ3v) is 2.77. The molecule has 0 fully saturated rings. The molecule has 2 rings (SSSR count). The molecule has 0 radical (unpaired) electrons. The Kier molecular flexibility index (Phi) is 4.08. The van der Waals surface area contributed by atoms with Crippen LogP contribution in [0.25, 0.3) is 5.57 Å². The summed E-state index contributed by atoms with van der Waals surface area (Å²) in [6.07, 6.45) is 0. The topological polar surface area (TPSA) is 12.0 Å². The van der Waals surface area contributed by atoms with Crippen molar-refractivity contribution in [2.75, 3.05) is 11.9 Å². The highest BCUT2D eigenvalue weighted by Crippen LogP contribution is 2.25. The summed E-state index contributed by atoms with van der Waals surface area (Å²) >= 11 is 0. The van der Waals surface area contributed by atoms with E-state index in [1.807, 2.05) is 6.07 Å². The number of nitrogens with one attached hydrogen (secondary N) is 1. The van der Waals surface area contributed by atoms with Crippen molar-refractivity contribution in [3.05, 3.63) is 71.8 Å². The third kappa shape index (κ3) is 2.82. The molecule has 20 heavy (non-hydrogen) atoms. The number of halogens is 4. The van der Waals surface area contributed by atoms with Crippen LogP contribution in [-0.2, 0) is 0 Å². The summed E-state index contributed by atoms with van der Waals surface area (Å²) in [5.41, 5.74) is 0.464. The van der Waals surface area contributed by atoms with Crippen molar-refractivity contribution in [1.29, 1.82) is 0 Å². The Labute approximate surface area is 113 Å². The Hall–Kier alpha value is -2.30. The summed E-state index contributed by atoms with van der Waals surface area (Å²) in [7, 11) is 0. The van der Waals surface area contributed by atoms with E-state index in [0.717, 1.165) is 5.56 Å². The van der Waals surface area contributed by atoms with Gasteiger partial charge in [0.25, 0.3) is 0 Å². The van der Waals surface area contributed by atoms with Crippen molar-refractivity contribution >= 4 is 11.3 Å². The zero-order chi connectivity index (χ0) is 14.7. The SMILES string of the molecule is C=C(CNc1c(F)c(F)cc(F)c1F)c1ccccc1. The number of benzene rings is 2. The van der Waals surface area contributed by atoms with Crippen LogP contribution in [0, 0.1) is 23.3 Å². The van der Waals surface area contributed by atoms with Crippen LogP contribution in [0.1, 0.15) is 5.56 Å². The molecule has 0 aliphatic carbocycles. The smallest absolute Gasteiger partial charge is 0.185 e. The second-order valence-electron chi connectivity index (χ2n) is 4.17. The van der Waals surface area contributed by atoms with Gasteiger partial charge in [-0.15, -0.1) is 0 Å². The van der Waals surface area contributed by atoms with Gasteiger partial charge in [-0.25, -0.2) is 17.6 Å². The fraction of sp³-hybridized carbons (Fsp3) is 0.0667. The second-order valence-corrected chi connectivity index (χ2v) is 4.17. The number of hydrogen-bond acceptors (Lipinski definition) is 1. The molecule has 5 heteroatoms. The molecule has 0 amide bonds. The van der Waals surface area contributed by atoms with E-state index in [4.69, 9.17) is 0 Å². The quantitative estimate of drug-likeness (QED) is 0.648. The van der Waals surface area contributed by atoms with Crippen LogP contribution in [0.2, 0.25) is 0 Å². The summed E-state index contributed by atoms with van der Waals surface area (Å²) in [4.78, 5) is 0. The van der Waals surface area contributed by atoms with E-state index in [9.17, 15) is 17.6 Å². The average Bonchev–Trinajstić information content (AvgIpc) is 2.46. The van der Waals surface area contributed by atoms with Gasteiger partial charge in [0.05, 0.1) is 0 Å². The van der Waals surface area contributed by atoms with E-state index in [0.29, 0.717) is 5.57 Å². The van der Waals surface area contributed by atoms with Crippen LogP contribution in [-0.4, -0.2) is 6.54 Å². The van der Waals surface area contributed by atoms with Gasteiger partial charge in [-0.05, 0) is 11.1 Å². The summed E-state index contributed by atoms with van der Waals surface area (Å²) in [5, 5.41) is 2.33. The molecule has 1 N–H and O–H groups in total. The maximum Gasteiger partial charge on any atom is 0.185 e. The monoisotopic (exact) mass is 281 g/mol. The molecule has 2 aromatic rings. The number of hydrogen-bond donors (Lipinski definition) is 1. The molecule has 2 aromatic carbocycles. The number of anilines is 1. The molecule has 104 valence electrons. The highest BCUT2D eigenvalue weighted by atomic mass is 19.2. The molecule has 0 atom stereocenters. The Morgan fingerprint density at radius 1 is 0.950 bits per heavy atom. The minimum atomic E-state index is -1.45. The molecule has 0 saturated carbocycles. The first-order valence-electron chi connectivity index (χ1n) is 5.80. The van der Waals surface area contributed by atoms with Crippen molar-refractivity contribution in [3.63, 3.8) is 0 Å². The third-order valence-electron chi connectivity index (χ3n) is 2.77. The minimum Gasteiger partial charge on any atom is -0.376 e. The Bertz CT molecular complexity index is 612. The lowest BCUT2D eigenvalue weighted by Crippen LogP contribution is -2.09. The fourth-order valence-corrected chi connectivity index (χ4v) is 1.70. The molecule has 0 bridgehead atoms. The summed E-state index contributed by atoms with van der Waals surface area (Å²) in [6.45, 7) is 3.71. The molecule has 0 saturated heterocycles. The summed E-state index contributed by atoms with van der Waals surface area (Å²) in [6, 6.07) is 9.08. The standard InChI is InChI=1S/C15H11F4N/c1-9(10-5-3-2-4-6-10)8-20-15-13(18)11(16)7-12(17)14(15)19/h2-7,20H,1,8H2. The van der Waals surface area contributed by atoms with E-state index in [2.05, 4.69) is 11.9 Å². The van der Waals surface area contributed by atoms with Crippen molar-refractivity contribution < 1.29 is 17.6 Å². The van der Waals surface area contributed by atoms with Crippen molar-refractivity contribution in [1.82, 2.24) is 0 Å². The second kappa shape index (κ2) is 5.77. The molecule has 0 heterocycles. The predicted molar refractivity (Wildman–Crippen MR) is 70.2 cm³/mol. The van der Waals surface area contributed by atoms with E-state index >= 15 is 0 Å². The Morgan fingerprint density at radius 2 is 1.50 bits per heavy atom. The highest BCUT2D eigenvalue weighted by Gasteiger charge is 2.18. The zero-order valence-corrected chi connectivity index (χ0v) is 10.4. The van der Waals surface area contributed by atoms with Crippen LogP contribution in [0.15, 0.2) is 43.0 Å². The lowest BCUT2D eigenvalue weighted by molar-refractivity contribution is 0.458. The van der Waals surface area contributed by atoms with Crippen LogP contribution >= 0.6 is 0 Å². The van der Waals surface area contributed by atoms with Gasteiger partial charge < -0.3 is 5.32 Å². The maximum atomic E-state index is 13.4. The van der Waals surface area contributed by atoms with E-state index in [-0.39, 0.29) is 12.6 Å². The van der Waals surface area contributed by atoms with Crippen molar-refractivity contribution in [2.45, 2.75) is 0 Å². The van der Waals surface area contributed by atoms with Gasteiger partial charge in [-0.2, -0.15) is 0 Å². The fourth-order valence-electron chi connectivity index (χ4n) is 1.70. The van der Waals surface area contributed by atoms with Gasteiger partial charge >= 0.3 is 0 Å². The summed E-state index contributed by atoms with van der Waals surface area (Å²) in [5.74, 6) is -5.80. The van der Waals surface area contributed by atoms with Crippen molar-refractivity contribution in [3.8, 4) is 0 Å². The highest BCUT2D eigenvalue weighted by molar-refractivity contribution is 5.67. The lowest BCUT2D eigenvalue weighted by atomic mass is 10.1. The van der Waals surface area contributed by atoms with E-state index in [1.165, 1.54) is 0 Å². The zero-order valence-electron chi connectivity index (χ0n) is 10.4. The Morgan fingerprint density at radius 3 is 2.05 bits per heavy atom. The maximum absolute atomic E-state index is 13.4. The van der Waals surface area contributed by atoms with Crippen LogP contribution in [0.4, 0.5) is 23.2 Å². The van der Waals surface area contributed by atoms with E-state index in [1.54, 1.807) is 24.3 Å². The van der Waals surface area contributed by atoms with Gasteiger partial charge in [-0.1, -0.05) is 36.9 Å². The normalized spacial score (nSPS) is 10.4. The average molecular weight is 281 g/mol. The largest absolute Gasteiger partial charge is 0.376 e. The van der Waals surface area contributed by atoms with Gasteiger partial charge in [0, 0.05) is 12.6 Å². The minimum absolute atomic E-state index is 0.0409. The molecule has 0 aromatic heterocycles. The molecular weight excluding hydrogens is 270 g/mol. The molecular formula is C15H11F4N. The molecule has 0 aliphatic heterocycles. The van der Waals surface area contributed by atoms with Gasteiger partial charge in [0.1, 0.15) is 5.69 Å². The number of rotatable bonds is 4. The van der Waals surface area contributed by atoms with Crippen molar-refractivity contribution in [2.24, 2.45) is 0 Å². The molecule has 0 aliphatic rings. The molecule has 0 unspecified atom stereocenters. The van der Waals surface area contributed by atoms with Crippen LogP contribution < -0.4 is 5.32 Å². The van der Waals surface area contributed by atoms with Gasteiger partial charge in [-0.3, -0.25) is 0 Å². The van der Waals surface area contributed by atoms with Gasteiger partial charge in [0.15, 0.2) is 23.3 Å². The summed E-state index contributed by atoms with van der Waals surface area (Å²) < 4.78 is 52.9. The van der Waals surface area contributed by atoms with Crippen LogP contribution in [0.3, 0.4) is 0 Å². The lowest BCUT2D eigenvalue weighted by Gasteiger charge is -2.11. The first-order valence-corrected chi connectivity index (χ1v) is 5.80. The molecule has 0 spiro atoms. The van der Waals surface area contributed by atoms with Crippen LogP contribution in [0.5, 0.6) is 0 Å². The van der Waals surface area contributed by atoms with Gasteiger partial charge in [0.2, 0.25) is 0 Å². The van der Waals surface area contributed by atoms with E-state index < -0.39 is 29.0 Å². The first kappa shape index (κ1) is 14.1. The molecule has 1 nitrogen and oxygen atoms in total. The Balaban J connectivity index is 2.18. The predicted octanol–water partition coefficient (Wildman–Crippen LogP) is 4.37.